The summed E-state index contributed by atoms with van der Waals surface area (Å²) in [6.45, 7) is 5.92. The summed E-state index contributed by atoms with van der Waals surface area (Å²) in [6, 6.07) is 12.0. The van der Waals surface area contributed by atoms with Crippen molar-refractivity contribution in [2.45, 2.75) is 27.2 Å². The second-order valence-corrected chi connectivity index (χ2v) is 6.74. The van der Waals surface area contributed by atoms with Gasteiger partial charge in [-0.1, -0.05) is 19.1 Å². The lowest BCUT2D eigenvalue weighted by Crippen LogP contribution is -2.20. The van der Waals surface area contributed by atoms with Crippen molar-refractivity contribution in [3.05, 3.63) is 54.1 Å². The molecule has 0 spiro atoms. The summed E-state index contributed by atoms with van der Waals surface area (Å²) in [7, 11) is 0. The molecule has 0 aliphatic carbocycles. The van der Waals surface area contributed by atoms with E-state index in [1.165, 1.54) is 13.0 Å². The minimum absolute atomic E-state index is 0.217. The molecule has 2 N–H and O–H groups in total. The fraction of sp³-hybridized carbons (Fsp3) is 0.292. The highest BCUT2D eigenvalue weighted by atomic mass is 16.5. The van der Waals surface area contributed by atoms with E-state index in [9.17, 15) is 14.4 Å². The molecule has 2 rings (SSSR count). The van der Waals surface area contributed by atoms with E-state index >= 15 is 0 Å². The molecule has 8 nitrogen and oxygen atoms in total. The Balaban J connectivity index is 1.88. The molecule has 0 unspecified atom stereocenters. The van der Waals surface area contributed by atoms with Crippen molar-refractivity contribution < 1.29 is 28.6 Å². The quantitative estimate of drug-likeness (QED) is 0.404. The van der Waals surface area contributed by atoms with Gasteiger partial charge in [0.15, 0.2) is 18.1 Å². The van der Waals surface area contributed by atoms with Gasteiger partial charge >= 0.3 is 5.97 Å². The van der Waals surface area contributed by atoms with Crippen LogP contribution in [0.4, 0.5) is 11.4 Å². The number of hydrogen-bond acceptors (Lipinski definition) is 6. The summed E-state index contributed by atoms with van der Waals surface area (Å²) in [6.07, 6.45) is 3.69. The highest BCUT2D eigenvalue weighted by Crippen LogP contribution is 2.29. The third-order valence-corrected chi connectivity index (χ3v) is 3.95. The van der Waals surface area contributed by atoms with Gasteiger partial charge in [-0.2, -0.15) is 0 Å². The number of hydrogen-bond donors (Lipinski definition) is 2. The Labute approximate surface area is 187 Å². The zero-order chi connectivity index (χ0) is 23.3. The van der Waals surface area contributed by atoms with E-state index in [0.717, 1.165) is 12.0 Å². The average Bonchev–Trinajstić information content (AvgIpc) is 2.75. The van der Waals surface area contributed by atoms with Gasteiger partial charge in [-0.15, -0.1) is 0 Å². The first-order valence-corrected chi connectivity index (χ1v) is 10.3. The average molecular weight is 440 g/mol. The Hall–Kier alpha value is -3.81. The number of amides is 2. The number of esters is 1. The van der Waals surface area contributed by atoms with E-state index in [1.807, 2.05) is 13.8 Å². The van der Waals surface area contributed by atoms with Crippen LogP contribution in [0, 0.1) is 0 Å². The largest absolute Gasteiger partial charge is 0.490 e. The molecule has 0 aromatic heterocycles. The van der Waals surface area contributed by atoms with E-state index in [0.29, 0.717) is 36.1 Å². The molecule has 0 heterocycles. The predicted octanol–water partition coefficient (Wildman–Crippen LogP) is 4.03. The molecule has 0 aliphatic rings. The van der Waals surface area contributed by atoms with Gasteiger partial charge in [-0.05, 0) is 55.3 Å². The third kappa shape index (κ3) is 8.51. The van der Waals surface area contributed by atoms with Crippen LogP contribution in [-0.4, -0.2) is 37.6 Å². The van der Waals surface area contributed by atoms with Crippen LogP contribution in [0.15, 0.2) is 48.5 Å². The molecule has 0 aliphatic heterocycles. The summed E-state index contributed by atoms with van der Waals surface area (Å²) in [4.78, 5) is 35.1. The zero-order valence-corrected chi connectivity index (χ0v) is 18.5. The lowest BCUT2D eigenvalue weighted by molar-refractivity contribution is -0.142. The van der Waals surface area contributed by atoms with Crippen molar-refractivity contribution in [3.8, 4) is 11.5 Å². The van der Waals surface area contributed by atoms with Gasteiger partial charge in [0.2, 0.25) is 5.91 Å². The van der Waals surface area contributed by atoms with Crippen molar-refractivity contribution in [2.75, 3.05) is 30.5 Å². The Kier molecular flexibility index (Phi) is 9.77. The molecule has 0 bridgehead atoms. The van der Waals surface area contributed by atoms with Crippen molar-refractivity contribution in [2.24, 2.45) is 0 Å². The molecule has 0 saturated heterocycles. The minimum atomic E-state index is -0.656. The second kappa shape index (κ2) is 12.8. The van der Waals surface area contributed by atoms with Crippen molar-refractivity contribution in [3.63, 3.8) is 0 Å². The Bertz CT molecular complexity index is 971. The lowest BCUT2D eigenvalue weighted by Gasteiger charge is -2.12. The lowest BCUT2D eigenvalue weighted by atomic mass is 10.2. The van der Waals surface area contributed by atoms with Crippen molar-refractivity contribution in [1.29, 1.82) is 0 Å². The highest BCUT2D eigenvalue weighted by molar-refractivity contribution is 5.95. The van der Waals surface area contributed by atoms with Crippen LogP contribution in [0.2, 0.25) is 0 Å². The van der Waals surface area contributed by atoms with Crippen molar-refractivity contribution >= 4 is 35.2 Å². The summed E-state index contributed by atoms with van der Waals surface area (Å²) < 4.78 is 16.2. The SMILES string of the molecule is CCCOc1ccc(/C=C/C(=O)OCC(=O)Nc2cccc(NC(C)=O)c2)cc1OCC. The zero-order valence-electron chi connectivity index (χ0n) is 18.5. The first kappa shape index (κ1) is 24.5. The third-order valence-electron chi connectivity index (χ3n) is 3.95. The molecule has 8 heteroatoms. The van der Waals surface area contributed by atoms with E-state index in [-0.39, 0.29) is 5.91 Å². The second-order valence-electron chi connectivity index (χ2n) is 6.74. The van der Waals surface area contributed by atoms with Crippen LogP contribution in [0.25, 0.3) is 6.08 Å². The van der Waals surface area contributed by atoms with Crippen LogP contribution in [0.3, 0.4) is 0 Å². The van der Waals surface area contributed by atoms with Gasteiger partial charge in [-0.25, -0.2) is 4.79 Å². The van der Waals surface area contributed by atoms with Gasteiger partial charge in [0.25, 0.3) is 5.91 Å². The Morgan fingerprint density at radius 3 is 2.38 bits per heavy atom. The Morgan fingerprint density at radius 1 is 0.938 bits per heavy atom. The molecule has 0 saturated carbocycles. The molecule has 170 valence electrons. The van der Waals surface area contributed by atoms with Crippen LogP contribution in [0.5, 0.6) is 11.5 Å². The van der Waals surface area contributed by atoms with E-state index in [4.69, 9.17) is 14.2 Å². The summed E-state index contributed by atoms with van der Waals surface area (Å²) in [5, 5.41) is 5.23. The van der Waals surface area contributed by atoms with Crippen molar-refractivity contribution in [1.82, 2.24) is 0 Å². The van der Waals surface area contributed by atoms with Gasteiger partial charge in [0, 0.05) is 24.4 Å². The predicted molar refractivity (Wildman–Crippen MR) is 123 cm³/mol. The monoisotopic (exact) mass is 440 g/mol. The van der Waals surface area contributed by atoms with Crippen LogP contribution in [-0.2, 0) is 19.1 Å². The normalized spacial score (nSPS) is 10.5. The van der Waals surface area contributed by atoms with Gasteiger partial charge in [0.05, 0.1) is 13.2 Å². The molecule has 2 aromatic rings. The maximum Gasteiger partial charge on any atom is 0.331 e. The number of nitrogens with one attached hydrogen (secondary N) is 2. The fourth-order valence-electron chi connectivity index (χ4n) is 2.65. The van der Waals surface area contributed by atoms with Crippen LogP contribution < -0.4 is 20.1 Å². The molecular formula is C24H28N2O6. The molecule has 0 fully saturated rings. The van der Waals surface area contributed by atoms with Gasteiger partial charge in [0.1, 0.15) is 0 Å². The van der Waals surface area contributed by atoms with E-state index in [2.05, 4.69) is 10.6 Å². The summed E-state index contributed by atoms with van der Waals surface area (Å²) in [5.41, 5.74) is 1.75. The van der Waals surface area contributed by atoms with Gasteiger partial charge in [-0.3, -0.25) is 9.59 Å². The summed E-state index contributed by atoms with van der Waals surface area (Å²) in [5.74, 6) is -0.130. The Morgan fingerprint density at radius 2 is 1.69 bits per heavy atom. The van der Waals surface area contributed by atoms with Crippen LogP contribution in [0.1, 0.15) is 32.8 Å². The molecular weight excluding hydrogens is 412 g/mol. The van der Waals surface area contributed by atoms with Gasteiger partial charge < -0.3 is 24.8 Å². The van der Waals surface area contributed by atoms with E-state index in [1.54, 1.807) is 48.5 Å². The number of carbonyl (C=O) groups is 3. The number of benzene rings is 2. The van der Waals surface area contributed by atoms with E-state index < -0.39 is 18.5 Å². The first-order valence-electron chi connectivity index (χ1n) is 10.3. The number of carbonyl (C=O) groups excluding carboxylic acids is 3. The highest BCUT2D eigenvalue weighted by Gasteiger charge is 2.08. The molecule has 0 radical (unpaired) electrons. The molecule has 0 atom stereocenters. The minimum Gasteiger partial charge on any atom is -0.490 e. The molecule has 32 heavy (non-hydrogen) atoms. The summed E-state index contributed by atoms with van der Waals surface area (Å²) >= 11 is 0. The maximum absolute atomic E-state index is 12.0. The standard InChI is InChI=1S/C24H28N2O6/c1-4-13-31-21-11-9-18(14-22(21)30-5-2)10-12-24(29)32-16-23(28)26-20-8-6-7-19(15-20)25-17(3)27/h6-12,14-15H,4-5,13,16H2,1-3H3,(H,25,27)(H,26,28)/b12-10+. The number of ether oxygens (including phenoxy) is 3. The molecule has 2 aromatic carbocycles. The number of rotatable bonds is 11. The first-order chi connectivity index (χ1) is 15.4. The topological polar surface area (TPSA) is 103 Å². The number of anilines is 2. The smallest absolute Gasteiger partial charge is 0.331 e. The maximum atomic E-state index is 12.0. The fourth-order valence-corrected chi connectivity index (χ4v) is 2.65. The van der Waals surface area contributed by atoms with Crippen LogP contribution >= 0.6 is 0 Å². The molecule has 2 amide bonds.